The second-order valence-electron chi connectivity index (χ2n) is 11.3. The van der Waals surface area contributed by atoms with Crippen molar-refractivity contribution in [3.8, 4) is 11.6 Å². The molecule has 7 rings (SSSR count). The molecule has 0 aliphatic carbocycles. The number of anilines is 3. The number of nitrogens with zero attached hydrogens (tertiary/aromatic N) is 7. The highest BCUT2D eigenvalue weighted by atomic mass is 16.5. The van der Waals surface area contributed by atoms with Crippen molar-refractivity contribution in [3.63, 3.8) is 0 Å². The van der Waals surface area contributed by atoms with Gasteiger partial charge in [-0.05, 0) is 75.5 Å². The SMILES string of the molecule is CN1CCc2ccc(Nc3ncc4c(=O)n5n(c4n3)-c3ccc4c(n3)N(CCC/C=C\C5)C(=O)CO4)cc2C1(C)C. The number of benzene rings is 1. The summed E-state index contributed by atoms with van der Waals surface area (Å²) in [6.45, 7) is 6.36. The summed E-state index contributed by atoms with van der Waals surface area (Å²) in [5, 5.41) is 3.74. The fourth-order valence-electron chi connectivity index (χ4n) is 5.91. The van der Waals surface area contributed by atoms with Gasteiger partial charge in [0.2, 0.25) is 5.95 Å². The Morgan fingerprint density at radius 1 is 1.05 bits per heavy atom. The number of rotatable bonds is 2. The number of likely N-dealkylation sites (N-methyl/N-ethyl adjacent to an activating group) is 1. The second-order valence-corrected chi connectivity index (χ2v) is 11.3. The molecule has 0 saturated heterocycles. The summed E-state index contributed by atoms with van der Waals surface area (Å²) in [4.78, 5) is 44.4. The van der Waals surface area contributed by atoms with Gasteiger partial charge >= 0.3 is 0 Å². The summed E-state index contributed by atoms with van der Waals surface area (Å²) in [5.74, 6) is 1.71. The Morgan fingerprint density at radius 3 is 2.80 bits per heavy atom. The topological polar surface area (TPSA) is 110 Å². The fourth-order valence-corrected chi connectivity index (χ4v) is 5.91. The highest BCUT2D eigenvalue weighted by Crippen LogP contribution is 2.36. The van der Waals surface area contributed by atoms with E-state index in [0.717, 1.165) is 31.5 Å². The normalized spacial score (nSPS) is 19.0. The Bertz CT molecular complexity index is 1790. The third kappa shape index (κ3) is 4.19. The van der Waals surface area contributed by atoms with Crippen LogP contribution in [0.4, 0.5) is 17.5 Å². The van der Waals surface area contributed by atoms with Crippen molar-refractivity contribution in [3.05, 3.63) is 70.2 Å². The fraction of sp³-hybridized carbons (Fsp3) is 0.367. The molecule has 1 aromatic carbocycles. The van der Waals surface area contributed by atoms with E-state index in [1.54, 1.807) is 32.6 Å². The maximum atomic E-state index is 13.6. The molecular formula is C30H32N8O3. The molecule has 3 aromatic heterocycles. The Hall–Kier alpha value is -4.51. The van der Waals surface area contributed by atoms with Crippen molar-refractivity contribution < 1.29 is 9.53 Å². The lowest BCUT2D eigenvalue weighted by Crippen LogP contribution is -2.43. The Morgan fingerprint density at radius 2 is 1.93 bits per heavy atom. The van der Waals surface area contributed by atoms with E-state index in [9.17, 15) is 9.59 Å². The lowest BCUT2D eigenvalue weighted by molar-refractivity contribution is -0.121. The van der Waals surface area contributed by atoms with Crippen molar-refractivity contribution in [2.75, 3.05) is 37.0 Å². The zero-order valence-electron chi connectivity index (χ0n) is 23.4. The van der Waals surface area contributed by atoms with E-state index in [1.165, 1.54) is 11.1 Å². The molecule has 11 heteroatoms. The van der Waals surface area contributed by atoms with Crippen LogP contribution < -0.4 is 20.5 Å². The highest BCUT2D eigenvalue weighted by Gasteiger charge is 2.32. The first kappa shape index (κ1) is 25.5. The van der Waals surface area contributed by atoms with Gasteiger partial charge in [-0.2, -0.15) is 4.98 Å². The molecule has 11 nitrogen and oxygen atoms in total. The van der Waals surface area contributed by atoms with Gasteiger partial charge < -0.3 is 10.1 Å². The van der Waals surface area contributed by atoms with E-state index in [1.807, 2.05) is 18.2 Å². The zero-order chi connectivity index (χ0) is 28.3. The smallest absolute Gasteiger partial charge is 0.278 e. The summed E-state index contributed by atoms with van der Waals surface area (Å²) in [6, 6.07) is 9.96. The molecule has 210 valence electrons. The lowest BCUT2D eigenvalue weighted by Gasteiger charge is -2.41. The molecule has 3 aliphatic heterocycles. The molecular weight excluding hydrogens is 520 g/mol. The summed E-state index contributed by atoms with van der Waals surface area (Å²) in [5.41, 5.74) is 3.61. The van der Waals surface area contributed by atoms with Gasteiger partial charge in [-0.3, -0.25) is 19.4 Å². The van der Waals surface area contributed by atoms with Gasteiger partial charge in [-0.25, -0.2) is 19.3 Å². The summed E-state index contributed by atoms with van der Waals surface area (Å²) < 4.78 is 8.97. The van der Waals surface area contributed by atoms with Gasteiger partial charge in [0.15, 0.2) is 29.6 Å². The summed E-state index contributed by atoms with van der Waals surface area (Å²) in [7, 11) is 2.15. The maximum absolute atomic E-state index is 13.6. The molecule has 4 aromatic rings. The largest absolute Gasteiger partial charge is 0.480 e. The molecule has 1 amide bonds. The van der Waals surface area contributed by atoms with Crippen LogP contribution in [-0.2, 0) is 23.3 Å². The van der Waals surface area contributed by atoms with Crippen LogP contribution in [0.3, 0.4) is 0 Å². The Kier molecular flexibility index (Phi) is 5.93. The van der Waals surface area contributed by atoms with Crippen LogP contribution in [0.2, 0.25) is 0 Å². The van der Waals surface area contributed by atoms with Crippen LogP contribution in [0.15, 0.2) is 53.5 Å². The first-order valence-electron chi connectivity index (χ1n) is 14.0. The quantitative estimate of drug-likeness (QED) is 0.376. The molecule has 0 radical (unpaired) electrons. The minimum Gasteiger partial charge on any atom is -0.480 e. The first-order chi connectivity index (χ1) is 19.8. The van der Waals surface area contributed by atoms with Gasteiger partial charge in [-0.1, -0.05) is 18.2 Å². The molecule has 1 N–H and O–H groups in total. The Labute approximate surface area is 237 Å². The number of aromatic nitrogens is 5. The zero-order valence-corrected chi connectivity index (χ0v) is 23.4. The van der Waals surface area contributed by atoms with Crippen molar-refractivity contribution in [2.45, 2.75) is 45.2 Å². The molecule has 0 saturated carbocycles. The van der Waals surface area contributed by atoms with E-state index in [0.29, 0.717) is 47.5 Å². The van der Waals surface area contributed by atoms with Gasteiger partial charge in [0.05, 0.1) is 6.54 Å². The third-order valence-electron chi connectivity index (χ3n) is 8.52. The first-order valence-corrected chi connectivity index (χ1v) is 14.0. The van der Waals surface area contributed by atoms with E-state index in [2.05, 4.69) is 48.2 Å². The number of carbonyl (C=O) groups is 1. The summed E-state index contributed by atoms with van der Waals surface area (Å²) >= 11 is 0. The molecule has 0 atom stereocenters. The van der Waals surface area contributed by atoms with Crippen LogP contribution in [0.5, 0.6) is 5.75 Å². The number of ether oxygens (including phenoxy) is 1. The average molecular weight is 553 g/mol. The molecule has 41 heavy (non-hydrogen) atoms. The lowest BCUT2D eigenvalue weighted by atomic mass is 9.83. The molecule has 6 heterocycles. The van der Waals surface area contributed by atoms with Gasteiger partial charge in [-0.15, -0.1) is 0 Å². The Balaban J connectivity index is 1.35. The number of nitrogens with one attached hydrogen (secondary N) is 1. The van der Waals surface area contributed by atoms with Gasteiger partial charge in [0.25, 0.3) is 11.5 Å². The standard InChI is InChI=1S/C30H32N8O3/c1-30(2)22-16-20(9-8-19(22)12-15-35(30)3)32-29-31-17-21-26(34-29)38-24-11-10-23-27(33-24)36(25(39)18-41-23)13-6-4-5-7-14-37(38)28(21)40/h5,7-11,16-17H,4,6,12-15,18H2,1-3H3,(H,31,32,34)/b7-5-. The number of fused-ring (bicyclic) bond motifs is 6. The minimum atomic E-state index is -0.212. The monoisotopic (exact) mass is 552 g/mol. The highest BCUT2D eigenvalue weighted by molar-refractivity contribution is 5.96. The van der Waals surface area contributed by atoms with Crippen LogP contribution in [0.1, 0.15) is 37.8 Å². The predicted octanol–water partition coefficient (Wildman–Crippen LogP) is 3.52. The van der Waals surface area contributed by atoms with Gasteiger partial charge in [0, 0.05) is 30.5 Å². The van der Waals surface area contributed by atoms with E-state index in [-0.39, 0.29) is 23.6 Å². The molecule has 0 spiro atoms. The molecule has 2 bridgehead atoms. The number of hydrogen-bond donors (Lipinski definition) is 1. The molecule has 3 aliphatic rings. The van der Waals surface area contributed by atoms with Crippen LogP contribution in [0, 0.1) is 0 Å². The maximum Gasteiger partial charge on any atom is 0.278 e. The summed E-state index contributed by atoms with van der Waals surface area (Å²) in [6.07, 6.45) is 8.13. The van der Waals surface area contributed by atoms with Gasteiger partial charge in [0.1, 0.15) is 5.39 Å². The third-order valence-corrected chi connectivity index (χ3v) is 8.52. The molecule has 0 unspecified atom stereocenters. The van der Waals surface area contributed by atoms with Crippen LogP contribution >= 0.6 is 0 Å². The minimum absolute atomic E-state index is 0.0144. The van der Waals surface area contributed by atoms with Crippen molar-refractivity contribution in [1.82, 2.24) is 29.2 Å². The van der Waals surface area contributed by atoms with Crippen molar-refractivity contribution in [2.24, 2.45) is 0 Å². The van der Waals surface area contributed by atoms with E-state index < -0.39 is 0 Å². The van der Waals surface area contributed by atoms with Crippen molar-refractivity contribution >= 4 is 34.4 Å². The number of hydrogen-bond acceptors (Lipinski definition) is 8. The van der Waals surface area contributed by atoms with Crippen LogP contribution in [0.25, 0.3) is 16.9 Å². The average Bonchev–Trinajstić information content (AvgIpc) is 3.23. The second kappa shape index (κ2) is 9.55. The number of allylic oxidation sites excluding steroid dienone is 2. The molecule has 0 fully saturated rings. The number of carbonyl (C=O) groups excluding carboxylic acids is 1. The van der Waals surface area contributed by atoms with E-state index in [4.69, 9.17) is 14.7 Å². The van der Waals surface area contributed by atoms with E-state index >= 15 is 0 Å². The number of amides is 1. The van der Waals surface area contributed by atoms with Crippen molar-refractivity contribution in [1.29, 1.82) is 0 Å². The number of pyridine rings is 1. The predicted molar refractivity (Wildman–Crippen MR) is 156 cm³/mol. The van der Waals surface area contributed by atoms with Crippen LogP contribution in [-0.4, -0.2) is 61.9 Å².